The maximum atomic E-state index is 10.9. The lowest BCUT2D eigenvalue weighted by Gasteiger charge is -2.21. The maximum Gasteiger partial charge on any atom is 0.329 e. The highest BCUT2D eigenvalue weighted by Crippen LogP contribution is 2.24. The number of nitrogen functional groups attached to an aromatic ring is 1. The summed E-state index contributed by atoms with van der Waals surface area (Å²) < 4.78 is 4.79. The molecule has 106 valence electrons. The Kier molecular flexibility index (Phi) is 5.36. The van der Waals surface area contributed by atoms with Gasteiger partial charge in [0, 0.05) is 20.7 Å². The summed E-state index contributed by atoms with van der Waals surface area (Å²) in [6.07, 6.45) is 0.260. The molecule has 1 rings (SSSR count). The van der Waals surface area contributed by atoms with Crippen LogP contribution in [0.15, 0.2) is 6.20 Å². The molecule has 0 bridgehead atoms. The first-order valence-electron chi connectivity index (χ1n) is 5.35. The summed E-state index contributed by atoms with van der Waals surface area (Å²) in [5.41, 5.74) is 1.94. The number of nitro groups is 1. The Balaban J connectivity index is 2.98. The first-order chi connectivity index (χ1) is 8.99. The van der Waals surface area contributed by atoms with E-state index in [0.29, 0.717) is 0 Å². The molecule has 0 saturated carbocycles. The fraction of sp³-hybridized carbons (Fsp3) is 0.556. The van der Waals surface area contributed by atoms with Gasteiger partial charge < -0.3 is 14.7 Å². The molecule has 1 aromatic heterocycles. The summed E-state index contributed by atoms with van der Waals surface area (Å²) in [5.74, 6) is 5.27. The van der Waals surface area contributed by atoms with Gasteiger partial charge in [0.15, 0.2) is 0 Å². The zero-order chi connectivity index (χ0) is 14.4. The standard InChI is InChI=1S/C9H16N6O4/c1-14(4-6(16)5-19-2)8-7(15(17)18)3-11-9(12-8)13-10/h3,6,16H,4-5,10H2,1-2H3,(H,11,12,13). The number of methoxy groups -OCH3 is 1. The molecule has 0 fully saturated rings. The number of nitrogens with one attached hydrogen (secondary N) is 1. The number of nitrogens with two attached hydrogens (primary N) is 1. The smallest absolute Gasteiger partial charge is 0.329 e. The van der Waals surface area contributed by atoms with Crippen LogP contribution in [-0.2, 0) is 4.74 Å². The topological polar surface area (TPSA) is 140 Å². The Morgan fingerprint density at radius 1 is 1.74 bits per heavy atom. The van der Waals surface area contributed by atoms with E-state index in [2.05, 4.69) is 15.4 Å². The fourth-order valence-electron chi connectivity index (χ4n) is 1.49. The molecule has 0 spiro atoms. The van der Waals surface area contributed by atoms with Crippen LogP contribution < -0.4 is 16.2 Å². The molecule has 10 nitrogen and oxygen atoms in total. The van der Waals surface area contributed by atoms with Crippen LogP contribution in [0.25, 0.3) is 0 Å². The summed E-state index contributed by atoms with van der Waals surface area (Å²) in [5, 5.41) is 20.5. The van der Waals surface area contributed by atoms with Crippen LogP contribution in [-0.4, -0.2) is 53.4 Å². The minimum absolute atomic E-state index is 0.0497. The van der Waals surface area contributed by atoms with Crippen molar-refractivity contribution in [3.8, 4) is 0 Å². The Morgan fingerprint density at radius 2 is 2.42 bits per heavy atom. The molecule has 1 heterocycles. The quantitative estimate of drug-likeness (QED) is 0.327. The van der Waals surface area contributed by atoms with Crippen molar-refractivity contribution in [2.24, 2.45) is 5.84 Å². The number of aliphatic hydroxyl groups is 1. The van der Waals surface area contributed by atoms with Crippen molar-refractivity contribution in [3.05, 3.63) is 16.3 Å². The second-order valence-corrected chi connectivity index (χ2v) is 3.79. The number of likely N-dealkylation sites (N-methyl/N-ethyl adjacent to an activating group) is 1. The van der Waals surface area contributed by atoms with E-state index in [0.717, 1.165) is 6.20 Å². The lowest BCUT2D eigenvalue weighted by Crippen LogP contribution is -2.33. The van der Waals surface area contributed by atoms with E-state index in [1.165, 1.54) is 12.0 Å². The first kappa shape index (κ1) is 15.0. The van der Waals surface area contributed by atoms with E-state index >= 15 is 0 Å². The highest BCUT2D eigenvalue weighted by atomic mass is 16.6. The summed E-state index contributed by atoms with van der Waals surface area (Å²) in [4.78, 5) is 19.3. The zero-order valence-corrected chi connectivity index (χ0v) is 10.6. The van der Waals surface area contributed by atoms with Gasteiger partial charge >= 0.3 is 5.69 Å². The van der Waals surface area contributed by atoms with Crippen LogP contribution in [0, 0.1) is 10.1 Å². The van der Waals surface area contributed by atoms with E-state index in [4.69, 9.17) is 10.6 Å². The van der Waals surface area contributed by atoms with Crippen molar-refractivity contribution in [1.29, 1.82) is 0 Å². The normalized spacial score (nSPS) is 12.0. The number of hydrogen-bond acceptors (Lipinski definition) is 9. The molecular formula is C9H16N6O4. The van der Waals surface area contributed by atoms with Gasteiger partial charge in [0.25, 0.3) is 0 Å². The molecule has 19 heavy (non-hydrogen) atoms. The van der Waals surface area contributed by atoms with Gasteiger partial charge in [0.1, 0.15) is 6.20 Å². The molecule has 0 aliphatic rings. The second-order valence-electron chi connectivity index (χ2n) is 3.79. The van der Waals surface area contributed by atoms with E-state index in [1.54, 1.807) is 7.05 Å². The predicted octanol–water partition coefficient (Wildman–Crippen LogP) is -0.886. The number of anilines is 2. The second kappa shape index (κ2) is 6.78. The molecule has 0 saturated heterocycles. The van der Waals surface area contributed by atoms with Crippen molar-refractivity contribution in [3.63, 3.8) is 0 Å². The molecular weight excluding hydrogens is 256 g/mol. The average Bonchev–Trinajstić information content (AvgIpc) is 2.37. The number of rotatable bonds is 7. The van der Waals surface area contributed by atoms with Crippen molar-refractivity contribution >= 4 is 17.5 Å². The number of hydrazine groups is 1. The van der Waals surface area contributed by atoms with E-state index in [-0.39, 0.29) is 30.6 Å². The molecule has 0 amide bonds. The summed E-state index contributed by atoms with van der Waals surface area (Å²) in [6.45, 7) is 0.237. The van der Waals surface area contributed by atoms with Crippen LogP contribution >= 0.6 is 0 Å². The van der Waals surface area contributed by atoms with Crippen LogP contribution in [0.5, 0.6) is 0 Å². The van der Waals surface area contributed by atoms with Gasteiger partial charge in [-0.1, -0.05) is 0 Å². The minimum Gasteiger partial charge on any atom is -0.389 e. The molecule has 1 atom stereocenters. The van der Waals surface area contributed by atoms with Gasteiger partial charge in [-0.25, -0.2) is 10.8 Å². The Bertz CT molecular complexity index is 443. The highest BCUT2D eigenvalue weighted by molar-refractivity contribution is 5.58. The molecule has 0 aliphatic carbocycles. The van der Waals surface area contributed by atoms with E-state index in [9.17, 15) is 15.2 Å². The van der Waals surface area contributed by atoms with Crippen molar-refractivity contribution < 1.29 is 14.8 Å². The van der Waals surface area contributed by atoms with E-state index in [1.807, 2.05) is 0 Å². The lowest BCUT2D eigenvalue weighted by molar-refractivity contribution is -0.384. The fourth-order valence-corrected chi connectivity index (χ4v) is 1.49. The monoisotopic (exact) mass is 272 g/mol. The third-order valence-corrected chi connectivity index (χ3v) is 2.28. The summed E-state index contributed by atoms with van der Waals surface area (Å²) in [6, 6.07) is 0. The van der Waals surface area contributed by atoms with Crippen LogP contribution in [0.3, 0.4) is 0 Å². The number of hydrogen-bond donors (Lipinski definition) is 3. The number of aliphatic hydroxyl groups excluding tert-OH is 1. The largest absolute Gasteiger partial charge is 0.389 e. The van der Waals surface area contributed by atoms with E-state index < -0.39 is 11.0 Å². The highest BCUT2D eigenvalue weighted by Gasteiger charge is 2.22. The molecule has 0 aliphatic heterocycles. The average molecular weight is 272 g/mol. The van der Waals surface area contributed by atoms with Gasteiger partial charge in [-0.2, -0.15) is 4.98 Å². The Labute approximate surface area is 109 Å². The van der Waals surface area contributed by atoms with Gasteiger partial charge in [-0.05, 0) is 0 Å². The van der Waals surface area contributed by atoms with Gasteiger partial charge in [-0.15, -0.1) is 0 Å². The molecule has 1 aromatic rings. The third kappa shape index (κ3) is 3.98. The van der Waals surface area contributed by atoms with Crippen molar-refractivity contribution in [1.82, 2.24) is 9.97 Å². The van der Waals surface area contributed by atoms with Crippen molar-refractivity contribution in [2.75, 3.05) is 37.6 Å². The SMILES string of the molecule is COCC(O)CN(C)c1nc(NN)ncc1[N+](=O)[O-]. The minimum atomic E-state index is -0.793. The van der Waals surface area contributed by atoms with Crippen LogP contribution in [0.1, 0.15) is 0 Å². The maximum absolute atomic E-state index is 10.9. The predicted molar refractivity (Wildman–Crippen MR) is 67.6 cm³/mol. The molecule has 4 N–H and O–H groups in total. The van der Waals surface area contributed by atoms with Crippen LogP contribution in [0.4, 0.5) is 17.5 Å². The molecule has 0 radical (unpaired) electrons. The van der Waals surface area contributed by atoms with Crippen LogP contribution in [0.2, 0.25) is 0 Å². The Hall–Kier alpha value is -2.04. The number of ether oxygens (including phenoxy) is 1. The number of aromatic nitrogens is 2. The summed E-state index contributed by atoms with van der Waals surface area (Å²) >= 11 is 0. The Morgan fingerprint density at radius 3 is 2.95 bits per heavy atom. The molecule has 0 aromatic carbocycles. The number of nitrogens with zero attached hydrogens (tertiary/aromatic N) is 4. The third-order valence-electron chi connectivity index (χ3n) is 2.28. The van der Waals surface area contributed by atoms with Gasteiger partial charge in [0.2, 0.25) is 11.8 Å². The first-order valence-corrected chi connectivity index (χ1v) is 5.35. The van der Waals surface area contributed by atoms with Crippen molar-refractivity contribution in [2.45, 2.75) is 6.10 Å². The molecule has 1 unspecified atom stereocenters. The van der Waals surface area contributed by atoms with Gasteiger partial charge in [0.05, 0.1) is 17.6 Å². The molecule has 10 heteroatoms. The lowest BCUT2D eigenvalue weighted by atomic mass is 10.3. The summed E-state index contributed by atoms with van der Waals surface area (Å²) in [7, 11) is 3.02. The zero-order valence-electron chi connectivity index (χ0n) is 10.6. The van der Waals surface area contributed by atoms with Gasteiger partial charge in [-0.3, -0.25) is 15.5 Å².